The van der Waals surface area contributed by atoms with Crippen molar-refractivity contribution in [1.82, 2.24) is 15.1 Å². The minimum absolute atomic E-state index is 0.0261. The summed E-state index contributed by atoms with van der Waals surface area (Å²) in [4.78, 5) is 36.8. The van der Waals surface area contributed by atoms with Crippen molar-refractivity contribution in [3.63, 3.8) is 0 Å². The molecular weight excluding hydrogens is 322 g/mol. The highest BCUT2D eigenvalue weighted by Crippen LogP contribution is 2.18. The molecule has 1 amide bonds. The average Bonchev–Trinajstić information content (AvgIpc) is 3.11. The minimum Gasteiger partial charge on any atom is -0.448 e. The molecule has 7 heteroatoms. The third-order valence-electron chi connectivity index (χ3n) is 4.50. The Bertz CT molecular complexity index is 868. The predicted octanol–water partition coefficient (Wildman–Crippen LogP) is 1.54. The van der Waals surface area contributed by atoms with E-state index in [1.807, 2.05) is 0 Å². The molecule has 0 bridgehead atoms. The molecule has 132 valence electrons. The van der Waals surface area contributed by atoms with Crippen LogP contribution in [0.5, 0.6) is 0 Å². The van der Waals surface area contributed by atoms with E-state index in [1.54, 1.807) is 24.3 Å². The van der Waals surface area contributed by atoms with E-state index in [0.29, 0.717) is 10.8 Å². The normalized spacial score (nSPS) is 15.9. The Kier molecular flexibility index (Phi) is 4.83. The molecule has 7 nitrogen and oxygen atoms in total. The molecule has 1 saturated carbocycles. The summed E-state index contributed by atoms with van der Waals surface area (Å²) in [6.07, 6.45) is 3.20. The van der Waals surface area contributed by atoms with Crippen LogP contribution in [-0.2, 0) is 16.6 Å². The van der Waals surface area contributed by atoms with Crippen LogP contribution in [0.3, 0.4) is 0 Å². The Labute approximate surface area is 145 Å². The molecule has 0 aliphatic heterocycles. The van der Waals surface area contributed by atoms with Gasteiger partial charge >= 0.3 is 5.97 Å². The molecule has 25 heavy (non-hydrogen) atoms. The molecular formula is C18H21N3O4. The number of carbonyl (C=O) groups excluding carboxylic acids is 2. The second-order valence-electron chi connectivity index (χ2n) is 6.36. The van der Waals surface area contributed by atoms with E-state index in [0.717, 1.165) is 30.4 Å². The number of aryl methyl sites for hydroxylation is 1. The zero-order valence-corrected chi connectivity index (χ0v) is 14.3. The first kappa shape index (κ1) is 17.1. The van der Waals surface area contributed by atoms with Gasteiger partial charge in [-0.15, -0.1) is 0 Å². The van der Waals surface area contributed by atoms with Gasteiger partial charge in [-0.2, -0.15) is 5.10 Å². The molecule has 1 heterocycles. The number of nitrogens with one attached hydrogen (secondary N) is 1. The first-order valence-electron chi connectivity index (χ1n) is 8.45. The number of benzene rings is 1. The van der Waals surface area contributed by atoms with Gasteiger partial charge in [-0.1, -0.05) is 31.0 Å². The van der Waals surface area contributed by atoms with Crippen molar-refractivity contribution >= 4 is 22.6 Å². The molecule has 2 aromatic rings. The van der Waals surface area contributed by atoms with E-state index in [-0.39, 0.29) is 23.2 Å². The summed E-state index contributed by atoms with van der Waals surface area (Å²) < 4.78 is 6.38. The van der Waals surface area contributed by atoms with E-state index in [1.165, 1.54) is 14.0 Å². The van der Waals surface area contributed by atoms with Crippen molar-refractivity contribution in [2.45, 2.75) is 44.8 Å². The van der Waals surface area contributed by atoms with Crippen molar-refractivity contribution in [3.8, 4) is 0 Å². The summed E-state index contributed by atoms with van der Waals surface area (Å²) in [5.74, 6) is -1.03. The maximum absolute atomic E-state index is 12.5. The molecule has 0 saturated heterocycles. The number of hydrogen-bond acceptors (Lipinski definition) is 5. The Morgan fingerprint density at radius 2 is 1.88 bits per heavy atom. The Morgan fingerprint density at radius 1 is 1.24 bits per heavy atom. The molecule has 1 aromatic heterocycles. The summed E-state index contributed by atoms with van der Waals surface area (Å²) in [5, 5.41) is 7.72. The van der Waals surface area contributed by atoms with Gasteiger partial charge in [0, 0.05) is 18.5 Å². The van der Waals surface area contributed by atoms with Crippen molar-refractivity contribution < 1.29 is 14.3 Å². The van der Waals surface area contributed by atoms with Crippen LogP contribution in [0, 0.1) is 0 Å². The van der Waals surface area contributed by atoms with Crippen molar-refractivity contribution in [2.75, 3.05) is 0 Å². The summed E-state index contributed by atoms with van der Waals surface area (Å²) in [7, 11) is 1.47. The number of aromatic nitrogens is 2. The van der Waals surface area contributed by atoms with Crippen LogP contribution in [0.15, 0.2) is 29.1 Å². The third-order valence-corrected chi connectivity index (χ3v) is 4.50. The lowest BCUT2D eigenvalue weighted by Gasteiger charge is -2.17. The second-order valence-corrected chi connectivity index (χ2v) is 6.36. The largest absolute Gasteiger partial charge is 0.448 e. The van der Waals surface area contributed by atoms with Gasteiger partial charge in [0.15, 0.2) is 11.8 Å². The van der Waals surface area contributed by atoms with Gasteiger partial charge in [0.2, 0.25) is 0 Å². The number of ether oxygens (including phenoxy) is 1. The van der Waals surface area contributed by atoms with Gasteiger partial charge in [0.25, 0.3) is 11.5 Å². The monoisotopic (exact) mass is 343 g/mol. The van der Waals surface area contributed by atoms with Crippen molar-refractivity contribution in [1.29, 1.82) is 0 Å². The molecule has 1 aliphatic carbocycles. The van der Waals surface area contributed by atoms with E-state index in [4.69, 9.17) is 4.74 Å². The van der Waals surface area contributed by atoms with Crippen molar-refractivity contribution in [3.05, 3.63) is 40.3 Å². The predicted molar refractivity (Wildman–Crippen MR) is 92.3 cm³/mol. The lowest BCUT2D eigenvalue weighted by atomic mass is 10.1. The Morgan fingerprint density at radius 3 is 2.56 bits per heavy atom. The van der Waals surface area contributed by atoms with Gasteiger partial charge in [0.1, 0.15) is 0 Å². The fraction of sp³-hybridized carbons (Fsp3) is 0.444. The number of hydrogen-bond donors (Lipinski definition) is 1. The van der Waals surface area contributed by atoms with Gasteiger partial charge < -0.3 is 10.1 Å². The number of nitrogens with zero attached hydrogens (tertiary/aromatic N) is 2. The first-order valence-corrected chi connectivity index (χ1v) is 8.45. The van der Waals surface area contributed by atoms with Gasteiger partial charge in [-0.3, -0.25) is 9.59 Å². The van der Waals surface area contributed by atoms with Gasteiger partial charge in [0.05, 0.1) is 5.39 Å². The maximum atomic E-state index is 12.5. The molecule has 1 fully saturated rings. The van der Waals surface area contributed by atoms with Crippen LogP contribution in [0.25, 0.3) is 10.8 Å². The van der Waals surface area contributed by atoms with Gasteiger partial charge in [-0.05, 0) is 25.8 Å². The number of rotatable bonds is 4. The standard InChI is InChI=1S/C18H21N3O4/c1-11(16(22)19-12-7-3-4-8-12)25-18(24)15-13-9-5-6-10-14(13)17(23)21(2)20-15/h5-6,9-12H,3-4,7-8H2,1-2H3,(H,19,22). The molecule has 1 N–H and O–H groups in total. The summed E-state index contributed by atoms with van der Waals surface area (Å²) in [5.41, 5.74) is -0.266. The van der Waals surface area contributed by atoms with Crippen LogP contribution < -0.4 is 10.9 Å². The van der Waals surface area contributed by atoms with E-state index in [9.17, 15) is 14.4 Å². The van der Waals surface area contributed by atoms with Crippen LogP contribution in [0.4, 0.5) is 0 Å². The molecule has 0 spiro atoms. The average molecular weight is 343 g/mol. The molecule has 1 atom stereocenters. The fourth-order valence-electron chi connectivity index (χ4n) is 3.11. The third kappa shape index (κ3) is 3.55. The molecule has 3 rings (SSSR count). The highest BCUT2D eigenvalue weighted by atomic mass is 16.5. The maximum Gasteiger partial charge on any atom is 0.360 e. The molecule has 0 radical (unpaired) electrons. The Hall–Kier alpha value is -2.70. The van der Waals surface area contributed by atoms with Crippen LogP contribution in [-0.4, -0.2) is 33.8 Å². The molecule has 1 aromatic carbocycles. The highest BCUT2D eigenvalue weighted by Gasteiger charge is 2.25. The number of amides is 1. The Balaban J connectivity index is 1.79. The van der Waals surface area contributed by atoms with Crippen LogP contribution >= 0.6 is 0 Å². The highest BCUT2D eigenvalue weighted by molar-refractivity contribution is 6.02. The number of fused-ring (bicyclic) bond motifs is 1. The van der Waals surface area contributed by atoms with E-state index >= 15 is 0 Å². The van der Waals surface area contributed by atoms with Crippen LogP contribution in [0.2, 0.25) is 0 Å². The molecule has 1 unspecified atom stereocenters. The van der Waals surface area contributed by atoms with Crippen LogP contribution in [0.1, 0.15) is 43.1 Å². The summed E-state index contributed by atoms with van der Waals surface area (Å²) >= 11 is 0. The first-order chi connectivity index (χ1) is 12.0. The summed E-state index contributed by atoms with van der Waals surface area (Å²) in [6.45, 7) is 1.53. The summed E-state index contributed by atoms with van der Waals surface area (Å²) in [6, 6.07) is 6.87. The minimum atomic E-state index is -0.925. The van der Waals surface area contributed by atoms with E-state index in [2.05, 4.69) is 10.4 Å². The number of esters is 1. The second kappa shape index (κ2) is 7.04. The zero-order chi connectivity index (χ0) is 18.0. The zero-order valence-electron chi connectivity index (χ0n) is 14.3. The topological polar surface area (TPSA) is 90.3 Å². The lowest BCUT2D eigenvalue weighted by Crippen LogP contribution is -2.41. The molecule has 1 aliphatic rings. The lowest BCUT2D eigenvalue weighted by molar-refractivity contribution is -0.129. The smallest absolute Gasteiger partial charge is 0.360 e. The quantitative estimate of drug-likeness (QED) is 0.851. The van der Waals surface area contributed by atoms with E-state index < -0.39 is 12.1 Å². The fourth-order valence-corrected chi connectivity index (χ4v) is 3.11. The number of carbonyl (C=O) groups is 2. The van der Waals surface area contributed by atoms with Gasteiger partial charge in [-0.25, -0.2) is 9.48 Å². The SMILES string of the molecule is CC(OC(=O)c1nn(C)c(=O)c2ccccc12)C(=O)NC1CCCC1. The van der Waals surface area contributed by atoms with Crippen molar-refractivity contribution in [2.24, 2.45) is 7.05 Å².